The number of carbonyl (C=O) groups is 1. The molecule has 2 atom stereocenters. The van der Waals surface area contributed by atoms with E-state index in [0.717, 1.165) is 12.1 Å². The summed E-state index contributed by atoms with van der Waals surface area (Å²) in [4.78, 5) is 10.7. The van der Waals surface area contributed by atoms with Crippen LogP contribution < -0.4 is 5.32 Å². The molecule has 0 aromatic heterocycles. The van der Waals surface area contributed by atoms with Crippen LogP contribution in [0.4, 0.5) is 5.69 Å². The van der Waals surface area contributed by atoms with Gasteiger partial charge < -0.3 is 15.2 Å². The highest BCUT2D eigenvalue weighted by atomic mass is 16.5. The number of nitrogens with one attached hydrogen (secondary N) is 1. The van der Waals surface area contributed by atoms with Gasteiger partial charge in [-0.05, 0) is 37.1 Å². The van der Waals surface area contributed by atoms with E-state index in [-0.39, 0.29) is 6.10 Å². The normalized spacial score (nSPS) is 22.4. The maximum absolute atomic E-state index is 10.7. The molecule has 5 heteroatoms. The molecule has 94 valence electrons. The van der Waals surface area contributed by atoms with Crippen molar-refractivity contribution < 1.29 is 14.6 Å². The van der Waals surface area contributed by atoms with E-state index >= 15 is 0 Å². The first-order valence-electron chi connectivity index (χ1n) is 5.81. The van der Waals surface area contributed by atoms with Gasteiger partial charge in [-0.1, -0.05) is 0 Å². The van der Waals surface area contributed by atoms with Crippen LogP contribution in [-0.2, 0) is 9.53 Å². The van der Waals surface area contributed by atoms with E-state index < -0.39 is 12.1 Å². The minimum Gasteiger partial charge on any atom is -0.479 e. The van der Waals surface area contributed by atoms with Crippen LogP contribution in [-0.4, -0.2) is 29.8 Å². The lowest BCUT2D eigenvalue weighted by Crippen LogP contribution is -2.24. The summed E-state index contributed by atoms with van der Waals surface area (Å²) in [5.74, 6) is -0.893. The van der Waals surface area contributed by atoms with Gasteiger partial charge in [0.25, 0.3) is 0 Å². The minimum absolute atomic E-state index is 0.0678. The van der Waals surface area contributed by atoms with Gasteiger partial charge in [-0.2, -0.15) is 5.26 Å². The molecule has 1 fully saturated rings. The molecule has 1 saturated heterocycles. The molecule has 0 spiro atoms. The van der Waals surface area contributed by atoms with Crippen molar-refractivity contribution in [3.8, 4) is 6.07 Å². The third kappa shape index (κ3) is 2.99. The fraction of sp³-hybridized carbons (Fsp3) is 0.385. The van der Waals surface area contributed by atoms with E-state index in [2.05, 4.69) is 11.4 Å². The molecule has 1 aliphatic rings. The van der Waals surface area contributed by atoms with Crippen LogP contribution in [0.25, 0.3) is 0 Å². The number of carboxylic acids is 1. The number of hydrogen-bond acceptors (Lipinski definition) is 4. The lowest BCUT2D eigenvalue weighted by molar-refractivity contribution is -0.149. The minimum atomic E-state index is -0.893. The van der Waals surface area contributed by atoms with Crippen molar-refractivity contribution >= 4 is 11.7 Å². The fourth-order valence-electron chi connectivity index (χ4n) is 1.93. The Morgan fingerprint density at radius 1 is 1.44 bits per heavy atom. The van der Waals surface area contributed by atoms with Crippen LogP contribution in [0, 0.1) is 11.3 Å². The summed E-state index contributed by atoms with van der Waals surface area (Å²) in [6.07, 6.45) is 0.578. The molecule has 1 aliphatic heterocycles. The van der Waals surface area contributed by atoms with Gasteiger partial charge in [-0.15, -0.1) is 0 Å². The highest BCUT2D eigenvalue weighted by Crippen LogP contribution is 2.20. The van der Waals surface area contributed by atoms with Gasteiger partial charge in [-0.25, -0.2) is 4.79 Å². The van der Waals surface area contributed by atoms with E-state index in [1.54, 1.807) is 12.1 Å². The number of carboxylic acid groups (broad SMARTS) is 1. The maximum Gasteiger partial charge on any atom is 0.332 e. The second-order valence-corrected chi connectivity index (χ2v) is 4.23. The Morgan fingerprint density at radius 3 is 2.72 bits per heavy atom. The van der Waals surface area contributed by atoms with Crippen LogP contribution >= 0.6 is 0 Å². The highest BCUT2D eigenvalue weighted by molar-refractivity contribution is 5.72. The number of nitrogens with zero attached hydrogens (tertiary/aromatic N) is 1. The van der Waals surface area contributed by atoms with Gasteiger partial charge in [0.05, 0.1) is 17.7 Å². The molecular formula is C13H14N2O3. The van der Waals surface area contributed by atoms with Gasteiger partial charge in [-0.3, -0.25) is 0 Å². The molecule has 1 aromatic carbocycles. The third-order valence-corrected chi connectivity index (χ3v) is 2.93. The van der Waals surface area contributed by atoms with Gasteiger partial charge in [0.1, 0.15) is 0 Å². The molecular weight excluding hydrogens is 232 g/mol. The van der Waals surface area contributed by atoms with Crippen molar-refractivity contribution in [3.63, 3.8) is 0 Å². The molecule has 2 unspecified atom stereocenters. The summed E-state index contributed by atoms with van der Waals surface area (Å²) in [5.41, 5.74) is 1.51. The summed E-state index contributed by atoms with van der Waals surface area (Å²) in [6, 6.07) is 9.16. The first kappa shape index (κ1) is 12.4. The number of rotatable bonds is 4. The zero-order valence-corrected chi connectivity index (χ0v) is 9.80. The SMILES string of the molecule is N#Cc1ccc(NCC2CCC(C(=O)O)O2)cc1. The number of benzene rings is 1. The van der Waals surface area contributed by atoms with Crippen molar-refractivity contribution in [2.75, 3.05) is 11.9 Å². The zero-order chi connectivity index (χ0) is 13.0. The lowest BCUT2D eigenvalue weighted by atomic mass is 10.2. The average molecular weight is 246 g/mol. The van der Waals surface area contributed by atoms with Crippen LogP contribution in [0.1, 0.15) is 18.4 Å². The van der Waals surface area contributed by atoms with Crippen LogP contribution in [0.2, 0.25) is 0 Å². The van der Waals surface area contributed by atoms with E-state index in [0.29, 0.717) is 18.5 Å². The van der Waals surface area contributed by atoms with Gasteiger partial charge in [0.15, 0.2) is 6.10 Å². The maximum atomic E-state index is 10.7. The van der Waals surface area contributed by atoms with Crippen LogP contribution in [0.15, 0.2) is 24.3 Å². The first-order valence-corrected chi connectivity index (χ1v) is 5.81. The van der Waals surface area contributed by atoms with Crippen molar-refractivity contribution in [1.29, 1.82) is 5.26 Å². The van der Waals surface area contributed by atoms with E-state index in [1.165, 1.54) is 0 Å². The largest absolute Gasteiger partial charge is 0.479 e. The quantitative estimate of drug-likeness (QED) is 0.843. The fourth-order valence-corrected chi connectivity index (χ4v) is 1.93. The summed E-state index contributed by atoms with van der Waals surface area (Å²) < 4.78 is 5.38. The Labute approximate surface area is 105 Å². The smallest absolute Gasteiger partial charge is 0.332 e. The Kier molecular flexibility index (Phi) is 3.80. The topological polar surface area (TPSA) is 82.4 Å². The molecule has 0 saturated carbocycles. The standard InChI is InChI=1S/C13H14N2O3/c14-7-9-1-3-10(4-2-9)15-8-11-5-6-12(18-11)13(16)17/h1-4,11-12,15H,5-6,8H2,(H,16,17). The molecule has 5 nitrogen and oxygen atoms in total. The van der Waals surface area contributed by atoms with E-state index in [1.807, 2.05) is 12.1 Å². The van der Waals surface area contributed by atoms with Crippen LogP contribution in [0.5, 0.6) is 0 Å². The second-order valence-electron chi connectivity index (χ2n) is 4.23. The number of ether oxygens (including phenoxy) is 1. The zero-order valence-electron chi connectivity index (χ0n) is 9.80. The molecule has 2 N–H and O–H groups in total. The predicted molar refractivity (Wildman–Crippen MR) is 65.2 cm³/mol. The Balaban J connectivity index is 1.82. The van der Waals surface area contributed by atoms with Crippen LogP contribution in [0.3, 0.4) is 0 Å². The first-order chi connectivity index (χ1) is 8.69. The van der Waals surface area contributed by atoms with Crippen molar-refractivity contribution in [2.45, 2.75) is 25.0 Å². The number of aliphatic carboxylic acids is 1. The summed E-state index contributed by atoms with van der Waals surface area (Å²) >= 11 is 0. The molecule has 2 rings (SSSR count). The van der Waals surface area contributed by atoms with E-state index in [9.17, 15) is 4.79 Å². The lowest BCUT2D eigenvalue weighted by Gasteiger charge is -2.13. The second kappa shape index (κ2) is 5.52. The molecule has 0 aliphatic carbocycles. The predicted octanol–water partition coefficient (Wildman–Crippen LogP) is 1.60. The summed E-state index contributed by atoms with van der Waals surface area (Å²) in [7, 11) is 0. The molecule has 0 radical (unpaired) electrons. The van der Waals surface area contributed by atoms with E-state index in [4.69, 9.17) is 15.1 Å². The highest BCUT2D eigenvalue weighted by Gasteiger charge is 2.29. The summed E-state index contributed by atoms with van der Waals surface area (Å²) in [6.45, 7) is 0.579. The molecule has 1 heterocycles. The van der Waals surface area contributed by atoms with Gasteiger partial charge in [0.2, 0.25) is 0 Å². The van der Waals surface area contributed by atoms with Crippen molar-refractivity contribution in [2.24, 2.45) is 0 Å². The molecule has 1 aromatic rings. The summed E-state index contributed by atoms with van der Waals surface area (Å²) in [5, 5.41) is 20.6. The Bertz CT molecular complexity index is 464. The van der Waals surface area contributed by atoms with Gasteiger partial charge >= 0.3 is 5.97 Å². The van der Waals surface area contributed by atoms with Crippen molar-refractivity contribution in [1.82, 2.24) is 0 Å². The van der Waals surface area contributed by atoms with Gasteiger partial charge in [0, 0.05) is 12.2 Å². The third-order valence-electron chi connectivity index (χ3n) is 2.93. The molecule has 0 amide bonds. The van der Waals surface area contributed by atoms with Crippen molar-refractivity contribution in [3.05, 3.63) is 29.8 Å². The number of hydrogen-bond donors (Lipinski definition) is 2. The molecule has 18 heavy (non-hydrogen) atoms. The Hall–Kier alpha value is -2.06. The average Bonchev–Trinajstić information content (AvgIpc) is 2.86. The molecule has 0 bridgehead atoms. The number of anilines is 1. The Morgan fingerprint density at radius 2 is 2.17 bits per heavy atom. The monoisotopic (exact) mass is 246 g/mol. The number of nitriles is 1.